The Morgan fingerprint density at radius 3 is 2.55 bits per heavy atom. The molecule has 154 valence electrons. The number of piperidine rings is 1. The van der Waals surface area contributed by atoms with Crippen molar-refractivity contribution in [2.45, 2.75) is 37.5 Å². The fraction of sp³-hybridized carbons (Fsp3) is 0.409. The van der Waals surface area contributed by atoms with E-state index >= 15 is 0 Å². The lowest BCUT2D eigenvalue weighted by Crippen LogP contribution is -2.49. The monoisotopic (exact) mass is 420 g/mol. The molecule has 4 rings (SSSR count). The number of alkyl halides is 1. The highest BCUT2D eigenvalue weighted by molar-refractivity contribution is 6.30. The number of hydrogen-bond donors (Lipinski definition) is 1. The summed E-state index contributed by atoms with van der Waals surface area (Å²) in [7, 11) is 0. The zero-order chi connectivity index (χ0) is 20.5. The summed E-state index contributed by atoms with van der Waals surface area (Å²) in [5.74, 6) is -0.588. The van der Waals surface area contributed by atoms with Gasteiger partial charge in [-0.2, -0.15) is 0 Å². The minimum atomic E-state index is -1.07. The van der Waals surface area contributed by atoms with E-state index in [-0.39, 0.29) is 35.2 Å². The molecule has 1 N–H and O–H groups in total. The molecule has 2 fully saturated rings. The van der Waals surface area contributed by atoms with Gasteiger partial charge in [-0.15, -0.1) is 0 Å². The summed E-state index contributed by atoms with van der Waals surface area (Å²) in [5.41, 5.74) is 1.56. The molecule has 2 aliphatic heterocycles. The lowest BCUT2D eigenvalue weighted by Gasteiger charge is -2.37. The Labute approximate surface area is 173 Å². The van der Waals surface area contributed by atoms with Gasteiger partial charge in [0.15, 0.2) is 0 Å². The lowest BCUT2D eigenvalue weighted by atomic mass is 9.87. The van der Waals surface area contributed by atoms with Gasteiger partial charge in [0.05, 0.1) is 11.1 Å². The van der Waals surface area contributed by atoms with E-state index in [1.807, 2.05) is 4.90 Å². The van der Waals surface area contributed by atoms with Crippen molar-refractivity contribution in [2.75, 3.05) is 19.6 Å². The van der Waals surface area contributed by atoms with Crippen LogP contribution in [-0.4, -0.2) is 52.7 Å². The van der Waals surface area contributed by atoms with E-state index in [0.29, 0.717) is 38.0 Å². The second-order valence-electron chi connectivity index (χ2n) is 7.81. The largest absolute Gasteiger partial charge is 0.508 e. The first-order chi connectivity index (χ1) is 13.9. The van der Waals surface area contributed by atoms with Crippen LogP contribution in [0, 0.1) is 5.82 Å². The molecule has 2 saturated heterocycles. The summed E-state index contributed by atoms with van der Waals surface area (Å²) < 4.78 is 28.6. The van der Waals surface area contributed by atoms with Crippen molar-refractivity contribution in [2.24, 2.45) is 0 Å². The second-order valence-corrected chi connectivity index (χ2v) is 8.22. The van der Waals surface area contributed by atoms with Crippen molar-refractivity contribution in [1.82, 2.24) is 9.80 Å². The summed E-state index contributed by atoms with van der Waals surface area (Å²) in [6.45, 7) is 1.76. The summed E-state index contributed by atoms with van der Waals surface area (Å²) in [5, 5.41) is 9.48. The smallest absolute Gasteiger partial charge is 0.240 e. The molecule has 2 aromatic carbocycles. The maximum absolute atomic E-state index is 14.9. The van der Waals surface area contributed by atoms with Crippen LogP contribution in [0.3, 0.4) is 0 Å². The van der Waals surface area contributed by atoms with E-state index in [0.717, 1.165) is 5.56 Å². The number of halogens is 3. The Morgan fingerprint density at radius 1 is 1.10 bits per heavy atom. The molecule has 0 unspecified atom stereocenters. The maximum Gasteiger partial charge on any atom is 0.240 e. The molecule has 29 heavy (non-hydrogen) atoms. The average molecular weight is 421 g/mol. The van der Waals surface area contributed by atoms with E-state index < -0.39 is 12.0 Å². The van der Waals surface area contributed by atoms with Crippen LogP contribution in [0.2, 0.25) is 5.02 Å². The first kappa shape index (κ1) is 20.1. The number of benzene rings is 2. The minimum Gasteiger partial charge on any atom is -0.508 e. The Morgan fingerprint density at radius 2 is 1.86 bits per heavy atom. The molecule has 0 aliphatic carbocycles. The van der Waals surface area contributed by atoms with Crippen molar-refractivity contribution < 1.29 is 18.7 Å². The predicted octanol–water partition coefficient (Wildman–Crippen LogP) is 4.11. The highest BCUT2D eigenvalue weighted by Gasteiger charge is 2.40. The van der Waals surface area contributed by atoms with Gasteiger partial charge in [-0.1, -0.05) is 29.8 Å². The van der Waals surface area contributed by atoms with Crippen LogP contribution in [0.4, 0.5) is 8.78 Å². The van der Waals surface area contributed by atoms with Gasteiger partial charge < -0.3 is 10.0 Å². The summed E-state index contributed by atoms with van der Waals surface area (Å²) in [4.78, 5) is 16.5. The van der Waals surface area contributed by atoms with Crippen LogP contribution < -0.4 is 0 Å². The number of amides is 1. The standard InChI is InChI=1S/C22H23ClF2N2O2/c23-18-6-1-14(11-19(18)24)12-27-10-8-21(22(27)29)26-9-7-17(20(25)13-26)15-2-4-16(28)5-3-15/h1-6,11,17,20-21,28H,7-10,12-13H2/t17-,20+,21+/m0/s1. The fourth-order valence-corrected chi connectivity index (χ4v) is 4.50. The third-order valence-corrected chi connectivity index (χ3v) is 6.27. The van der Waals surface area contributed by atoms with Crippen LogP contribution >= 0.6 is 11.6 Å². The van der Waals surface area contributed by atoms with Gasteiger partial charge in [0.2, 0.25) is 5.91 Å². The summed E-state index contributed by atoms with van der Waals surface area (Å²) in [6.07, 6.45) is 0.199. The summed E-state index contributed by atoms with van der Waals surface area (Å²) in [6, 6.07) is 10.9. The number of carbonyl (C=O) groups is 1. The van der Waals surface area contributed by atoms with Crippen LogP contribution in [-0.2, 0) is 11.3 Å². The van der Waals surface area contributed by atoms with E-state index in [1.54, 1.807) is 35.2 Å². The zero-order valence-corrected chi connectivity index (χ0v) is 16.7. The van der Waals surface area contributed by atoms with E-state index in [9.17, 15) is 18.7 Å². The molecule has 0 radical (unpaired) electrons. The van der Waals surface area contributed by atoms with Crippen molar-refractivity contribution in [3.05, 3.63) is 64.4 Å². The maximum atomic E-state index is 14.9. The quantitative estimate of drug-likeness (QED) is 0.809. The number of aromatic hydroxyl groups is 1. The van der Waals surface area contributed by atoms with Gasteiger partial charge in [-0.3, -0.25) is 9.69 Å². The molecule has 2 heterocycles. The van der Waals surface area contributed by atoms with Crippen LogP contribution in [0.1, 0.15) is 29.9 Å². The normalized spacial score (nSPS) is 25.6. The Kier molecular flexibility index (Phi) is 5.74. The number of phenolic OH excluding ortho intramolecular Hbond substituents is 1. The highest BCUT2D eigenvalue weighted by atomic mass is 35.5. The predicted molar refractivity (Wildman–Crippen MR) is 107 cm³/mol. The SMILES string of the molecule is O=C1[C@H](N2CC[C@@H](c3ccc(O)cc3)[C@H](F)C2)CCN1Cc1ccc(Cl)c(F)c1. The van der Waals surface area contributed by atoms with Gasteiger partial charge in [-0.05, 0) is 54.8 Å². The second kappa shape index (κ2) is 8.28. The molecule has 2 aliphatic rings. The van der Waals surface area contributed by atoms with Crippen molar-refractivity contribution in [3.8, 4) is 5.75 Å². The van der Waals surface area contributed by atoms with Gasteiger partial charge in [0.1, 0.15) is 17.7 Å². The molecule has 0 bridgehead atoms. The molecular weight excluding hydrogens is 398 g/mol. The Balaban J connectivity index is 1.38. The number of nitrogens with zero attached hydrogens (tertiary/aromatic N) is 2. The third kappa shape index (κ3) is 4.23. The first-order valence-corrected chi connectivity index (χ1v) is 10.2. The van der Waals surface area contributed by atoms with Crippen LogP contribution in [0.5, 0.6) is 5.75 Å². The van der Waals surface area contributed by atoms with Gasteiger partial charge in [0.25, 0.3) is 0 Å². The Hall–Kier alpha value is -2.18. The molecule has 4 nitrogen and oxygen atoms in total. The summed E-state index contributed by atoms with van der Waals surface area (Å²) >= 11 is 5.72. The molecule has 3 atom stereocenters. The van der Waals surface area contributed by atoms with Crippen molar-refractivity contribution >= 4 is 17.5 Å². The van der Waals surface area contributed by atoms with Crippen LogP contribution in [0.25, 0.3) is 0 Å². The first-order valence-electron chi connectivity index (χ1n) is 9.82. The molecule has 0 spiro atoms. The van der Waals surface area contributed by atoms with Gasteiger partial charge >= 0.3 is 0 Å². The van der Waals surface area contributed by atoms with E-state index in [1.165, 1.54) is 12.1 Å². The lowest BCUT2D eigenvalue weighted by molar-refractivity contribution is -0.133. The number of carbonyl (C=O) groups excluding carboxylic acids is 1. The molecule has 0 aromatic heterocycles. The van der Waals surface area contributed by atoms with Gasteiger partial charge in [-0.25, -0.2) is 8.78 Å². The number of hydrogen-bond acceptors (Lipinski definition) is 3. The highest BCUT2D eigenvalue weighted by Crippen LogP contribution is 2.33. The third-order valence-electron chi connectivity index (χ3n) is 5.96. The molecule has 2 aromatic rings. The zero-order valence-electron chi connectivity index (χ0n) is 15.9. The van der Waals surface area contributed by atoms with Gasteiger partial charge in [0, 0.05) is 25.6 Å². The average Bonchev–Trinajstić information content (AvgIpc) is 3.06. The van der Waals surface area contributed by atoms with Crippen molar-refractivity contribution in [1.29, 1.82) is 0 Å². The van der Waals surface area contributed by atoms with E-state index in [2.05, 4.69) is 0 Å². The number of phenols is 1. The fourth-order valence-electron chi connectivity index (χ4n) is 4.39. The molecule has 0 saturated carbocycles. The number of rotatable bonds is 4. The molecule has 7 heteroatoms. The Bertz CT molecular complexity index is 893. The minimum absolute atomic E-state index is 0.0318. The van der Waals surface area contributed by atoms with Crippen LogP contribution in [0.15, 0.2) is 42.5 Å². The van der Waals surface area contributed by atoms with Crippen molar-refractivity contribution in [3.63, 3.8) is 0 Å². The molecule has 1 amide bonds. The van der Waals surface area contributed by atoms with E-state index in [4.69, 9.17) is 11.6 Å². The number of likely N-dealkylation sites (tertiary alicyclic amines) is 2. The topological polar surface area (TPSA) is 43.8 Å². The molecular formula is C22H23ClF2N2O2.